The van der Waals surface area contributed by atoms with Gasteiger partial charge in [0.15, 0.2) is 0 Å². The van der Waals surface area contributed by atoms with Crippen molar-refractivity contribution in [2.24, 2.45) is 0 Å². The molecule has 4 aromatic rings. The molecular weight excluding hydrogens is 316 g/mol. The molecule has 1 aliphatic carbocycles. The van der Waals surface area contributed by atoms with Gasteiger partial charge in [-0.1, -0.05) is 52.0 Å². The van der Waals surface area contributed by atoms with Gasteiger partial charge in [-0.05, 0) is 46.2 Å². The predicted molar refractivity (Wildman–Crippen MR) is 109 cm³/mol. The second-order valence-electron chi connectivity index (χ2n) is 8.16. The molecule has 0 unspecified atom stereocenters. The molecule has 0 bridgehead atoms. The predicted octanol–water partition coefficient (Wildman–Crippen LogP) is 6.21. The van der Waals surface area contributed by atoms with Crippen LogP contribution >= 0.6 is 0 Å². The summed E-state index contributed by atoms with van der Waals surface area (Å²) < 4.78 is 0. The molecule has 1 aliphatic rings. The molecule has 0 saturated heterocycles. The molecule has 0 radical (unpaired) electrons. The highest BCUT2D eigenvalue weighted by atomic mass is 14.7. The van der Waals surface area contributed by atoms with Gasteiger partial charge >= 0.3 is 0 Å². The van der Waals surface area contributed by atoms with E-state index in [1.165, 1.54) is 38.4 Å². The molecule has 0 saturated carbocycles. The van der Waals surface area contributed by atoms with Crippen LogP contribution in [0.3, 0.4) is 0 Å². The summed E-state index contributed by atoms with van der Waals surface area (Å²) in [5, 5.41) is 3.83. The Balaban J connectivity index is 2.00. The topological polar surface area (TPSA) is 25.8 Å². The van der Waals surface area contributed by atoms with Gasteiger partial charge in [0.2, 0.25) is 0 Å². The fourth-order valence-corrected chi connectivity index (χ4v) is 4.53. The molecule has 26 heavy (non-hydrogen) atoms. The van der Waals surface area contributed by atoms with Crippen molar-refractivity contribution < 1.29 is 0 Å². The molecule has 0 atom stereocenters. The number of fused-ring (bicyclic) bond motifs is 4. The smallest absolute Gasteiger partial charge is 0.0786 e. The van der Waals surface area contributed by atoms with Crippen LogP contribution in [0, 0.1) is 0 Å². The van der Waals surface area contributed by atoms with E-state index >= 15 is 0 Å². The molecule has 0 aliphatic heterocycles. The third kappa shape index (κ3) is 1.93. The van der Waals surface area contributed by atoms with Crippen LogP contribution in [0.2, 0.25) is 0 Å². The van der Waals surface area contributed by atoms with Gasteiger partial charge in [0, 0.05) is 34.1 Å². The van der Waals surface area contributed by atoms with Crippen LogP contribution in [0.1, 0.15) is 50.3 Å². The largest absolute Gasteiger partial charge is 0.256 e. The summed E-state index contributed by atoms with van der Waals surface area (Å²) in [4.78, 5) is 9.39. The Bertz CT molecular complexity index is 1190. The quantitative estimate of drug-likeness (QED) is 0.412. The van der Waals surface area contributed by atoms with Gasteiger partial charge in [0.25, 0.3) is 0 Å². The molecule has 2 heterocycles. The summed E-state index contributed by atoms with van der Waals surface area (Å²) in [6, 6.07) is 15.4. The molecule has 5 rings (SSSR count). The zero-order valence-corrected chi connectivity index (χ0v) is 15.7. The van der Waals surface area contributed by atoms with Gasteiger partial charge in [-0.25, -0.2) is 0 Å². The van der Waals surface area contributed by atoms with Crippen LogP contribution in [0.5, 0.6) is 0 Å². The maximum absolute atomic E-state index is 4.81. The van der Waals surface area contributed by atoms with Gasteiger partial charge < -0.3 is 0 Å². The number of hydrogen-bond donors (Lipinski definition) is 0. The van der Waals surface area contributed by atoms with E-state index in [0.29, 0.717) is 5.92 Å². The summed E-state index contributed by atoms with van der Waals surface area (Å²) in [6.45, 7) is 9.21. The Morgan fingerprint density at radius 1 is 0.923 bits per heavy atom. The van der Waals surface area contributed by atoms with Crippen molar-refractivity contribution in [3.8, 4) is 11.3 Å². The van der Waals surface area contributed by atoms with Crippen molar-refractivity contribution in [1.82, 2.24) is 9.97 Å². The van der Waals surface area contributed by atoms with Crippen molar-refractivity contribution in [3.05, 3.63) is 71.5 Å². The van der Waals surface area contributed by atoms with E-state index < -0.39 is 0 Å². The van der Waals surface area contributed by atoms with Crippen LogP contribution < -0.4 is 0 Å². The molecule has 0 spiro atoms. The first-order chi connectivity index (χ1) is 12.5. The Labute approximate surface area is 153 Å². The number of nitrogens with zero attached hydrogens (tertiary/aromatic N) is 2. The third-order valence-electron chi connectivity index (χ3n) is 5.89. The lowest BCUT2D eigenvalue weighted by atomic mass is 9.68. The standard InChI is InChI=1S/C24H22N2/c1-14(2)16-12-15-9-11-26-23-18-7-8-20-17(6-5-10-25-20)22(18)24(3,4)19(13-16)21(15)23/h5-14H,1-4H3. The molecule has 128 valence electrons. The lowest BCUT2D eigenvalue weighted by Gasteiger charge is -2.36. The zero-order chi connectivity index (χ0) is 18.1. The second-order valence-corrected chi connectivity index (χ2v) is 8.16. The van der Waals surface area contributed by atoms with E-state index in [2.05, 4.69) is 69.1 Å². The van der Waals surface area contributed by atoms with E-state index in [0.717, 1.165) is 11.2 Å². The van der Waals surface area contributed by atoms with E-state index in [9.17, 15) is 0 Å². The van der Waals surface area contributed by atoms with Crippen molar-refractivity contribution >= 4 is 21.7 Å². The maximum Gasteiger partial charge on any atom is 0.0786 e. The monoisotopic (exact) mass is 338 g/mol. The number of rotatable bonds is 1. The first kappa shape index (κ1) is 15.5. The number of benzene rings is 2. The van der Waals surface area contributed by atoms with Gasteiger partial charge in [-0.15, -0.1) is 0 Å². The van der Waals surface area contributed by atoms with Crippen molar-refractivity contribution in [3.63, 3.8) is 0 Å². The first-order valence-electron chi connectivity index (χ1n) is 9.30. The lowest BCUT2D eigenvalue weighted by Crippen LogP contribution is -2.25. The van der Waals surface area contributed by atoms with Crippen LogP contribution in [0.15, 0.2) is 54.9 Å². The second kappa shape index (κ2) is 5.14. The van der Waals surface area contributed by atoms with Crippen LogP contribution in [0.4, 0.5) is 0 Å². The summed E-state index contributed by atoms with van der Waals surface area (Å²) >= 11 is 0. The Morgan fingerprint density at radius 2 is 1.77 bits per heavy atom. The molecule has 0 N–H and O–H groups in total. The molecule has 0 fully saturated rings. The van der Waals surface area contributed by atoms with Gasteiger partial charge in [-0.3, -0.25) is 9.97 Å². The normalized spacial score (nSPS) is 14.8. The van der Waals surface area contributed by atoms with Gasteiger partial charge in [-0.2, -0.15) is 0 Å². The molecule has 2 aromatic carbocycles. The fraction of sp³-hybridized carbons (Fsp3) is 0.250. The SMILES string of the molecule is CC(C)c1cc2c3c(nccc3c1)-c1ccc3ncccc3c1C2(C)C. The highest BCUT2D eigenvalue weighted by molar-refractivity contribution is 6.05. The lowest BCUT2D eigenvalue weighted by molar-refractivity contribution is 0.648. The average molecular weight is 338 g/mol. The summed E-state index contributed by atoms with van der Waals surface area (Å²) in [6.07, 6.45) is 3.81. The average Bonchev–Trinajstić information content (AvgIpc) is 2.64. The minimum absolute atomic E-state index is 0.100. The fourth-order valence-electron chi connectivity index (χ4n) is 4.53. The molecular formula is C24H22N2. The third-order valence-corrected chi connectivity index (χ3v) is 5.89. The Kier molecular flexibility index (Phi) is 3.06. The summed E-state index contributed by atoms with van der Waals surface area (Å²) in [5.74, 6) is 0.499. The molecule has 0 amide bonds. The highest BCUT2D eigenvalue weighted by Gasteiger charge is 2.36. The van der Waals surface area contributed by atoms with E-state index in [4.69, 9.17) is 4.98 Å². The molecule has 2 nitrogen and oxygen atoms in total. The van der Waals surface area contributed by atoms with Crippen molar-refractivity contribution in [2.45, 2.75) is 39.0 Å². The maximum atomic E-state index is 4.81. The van der Waals surface area contributed by atoms with Gasteiger partial charge in [0.05, 0.1) is 11.2 Å². The highest BCUT2D eigenvalue weighted by Crippen LogP contribution is 2.50. The molecule has 2 aromatic heterocycles. The van der Waals surface area contributed by atoms with Crippen molar-refractivity contribution in [2.75, 3.05) is 0 Å². The number of pyridine rings is 2. The minimum Gasteiger partial charge on any atom is -0.256 e. The Hall–Kier alpha value is -2.74. The summed E-state index contributed by atoms with van der Waals surface area (Å²) in [5.41, 5.74) is 7.41. The summed E-state index contributed by atoms with van der Waals surface area (Å²) in [7, 11) is 0. The zero-order valence-electron chi connectivity index (χ0n) is 15.7. The molecule has 2 heteroatoms. The van der Waals surface area contributed by atoms with E-state index in [1.54, 1.807) is 0 Å². The van der Waals surface area contributed by atoms with Crippen LogP contribution in [0.25, 0.3) is 32.9 Å². The van der Waals surface area contributed by atoms with Crippen molar-refractivity contribution in [1.29, 1.82) is 0 Å². The van der Waals surface area contributed by atoms with E-state index in [-0.39, 0.29) is 5.41 Å². The van der Waals surface area contributed by atoms with Gasteiger partial charge in [0.1, 0.15) is 0 Å². The number of aromatic nitrogens is 2. The Morgan fingerprint density at radius 3 is 2.58 bits per heavy atom. The number of hydrogen-bond acceptors (Lipinski definition) is 2. The van der Waals surface area contributed by atoms with E-state index in [1.807, 2.05) is 18.5 Å². The minimum atomic E-state index is -0.100. The van der Waals surface area contributed by atoms with Crippen LogP contribution in [-0.2, 0) is 5.41 Å². The first-order valence-corrected chi connectivity index (χ1v) is 9.30. The van der Waals surface area contributed by atoms with Crippen LogP contribution in [-0.4, -0.2) is 9.97 Å².